The number of benzene rings is 1. The number of hydrogen-bond donors (Lipinski definition) is 2. The topological polar surface area (TPSA) is 48.9 Å². The Morgan fingerprint density at radius 2 is 2.23 bits per heavy atom. The van der Waals surface area contributed by atoms with E-state index in [0.717, 1.165) is 63.9 Å². The SMILES string of the molecule is CCNC(=NCC1CCCN(Cc2cccs2)C1)NCCc1ccc2c(c1)CCO2.I. The Balaban J connectivity index is 0.00000272. The molecule has 0 aliphatic carbocycles. The molecular formula is C24H35IN4OS. The van der Waals surface area contributed by atoms with E-state index in [4.69, 9.17) is 9.73 Å². The van der Waals surface area contributed by atoms with Crippen molar-refractivity contribution in [2.24, 2.45) is 10.9 Å². The molecule has 1 unspecified atom stereocenters. The number of hydrogen-bond acceptors (Lipinski definition) is 4. The molecule has 2 aliphatic heterocycles. The van der Waals surface area contributed by atoms with Crippen molar-refractivity contribution in [1.29, 1.82) is 0 Å². The van der Waals surface area contributed by atoms with Gasteiger partial charge in [-0.3, -0.25) is 9.89 Å². The van der Waals surface area contributed by atoms with Gasteiger partial charge in [0.2, 0.25) is 0 Å². The Kier molecular flexibility index (Phi) is 9.93. The summed E-state index contributed by atoms with van der Waals surface area (Å²) in [5, 5.41) is 9.10. The molecule has 5 nitrogen and oxygen atoms in total. The zero-order valence-corrected chi connectivity index (χ0v) is 21.6. The molecule has 4 rings (SSSR count). The van der Waals surface area contributed by atoms with Crippen molar-refractivity contribution >= 4 is 41.3 Å². The molecule has 0 spiro atoms. The fraction of sp³-hybridized carbons (Fsp3) is 0.542. The van der Waals surface area contributed by atoms with Crippen LogP contribution in [0.2, 0.25) is 0 Å². The molecule has 2 aromatic rings. The molecule has 0 saturated carbocycles. The summed E-state index contributed by atoms with van der Waals surface area (Å²) in [6.07, 6.45) is 4.58. The van der Waals surface area contributed by atoms with Crippen LogP contribution in [0.4, 0.5) is 0 Å². The third-order valence-corrected chi connectivity index (χ3v) is 6.74. The number of nitrogens with zero attached hydrogens (tertiary/aromatic N) is 2. The largest absolute Gasteiger partial charge is 0.493 e. The summed E-state index contributed by atoms with van der Waals surface area (Å²) in [4.78, 5) is 8.96. The lowest BCUT2D eigenvalue weighted by Gasteiger charge is -2.31. The van der Waals surface area contributed by atoms with Gasteiger partial charge in [0, 0.05) is 44.0 Å². The fourth-order valence-electron chi connectivity index (χ4n) is 4.35. The predicted molar refractivity (Wildman–Crippen MR) is 141 cm³/mol. The van der Waals surface area contributed by atoms with Gasteiger partial charge in [-0.25, -0.2) is 0 Å². The monoisotopic (exact) mass is 554 g/mol. The van der Waals surface area contributed by atoms with Crippen molar-refractivity contribution in [3.05, 3.63) is 51.7 Å². The van der Waals surface area contributed by atoms with Crippen LogP contribution in [0.5, 0.6) is 5.75 Å². The van der Waals surface area contributed by atoms with Gasteiger partial charge in [-0.15, -0.1) is 35.3 Å². The smallest absolute Gasteiger partial charge is 0.191 e. The second kappa shape index (κ2) is 12.6. The summed E-state index contributed by atoms with van der Waals surface area (Å²) in [7, 11) is 0. The standard InChI is InChI=1S/C24H34N4OS.HI/c1-2-25-24(26-11-9-19-7-8-23-21(15-19)10-13-29-23)27-16-20-5-3-12-28(17-20)18-22-6-4-14-30-22;/h4,6-8,14-15,20H,2-3,5,9-13,16-18H2,1H3,(H2,25,26,27);1H. The predicted octanol–water partition coefficient (Wildman–Crippen LogP) is 4.31. The minimum Gasteiger partial charge on any atom is -0.493 e. The van der Waals surface area contributed by atoms with Crippen LogP contribution in [0.15, 0.2) is 40.7 Å². The fourth-order valence-corrected chi connectivity index (χ4v) is 5.10. The van der Waals surface area contributed by atoms with Gasteiger partial charge in [0.1, 0.15) is 5.75 Å². The third kappa shape index (κ3) is 7.36. The molecule has 31 heavy (non-hydrogen) atoms. The highest BCUT2D eigenvalue weighted by Crippen LogP contribution is 2.26. The molecular weight excluding hydrogens is 519 g/mol. The third-order valence-electron chi connectivity index (χ3n) is 5.87. The average Bonchev–Trinajstić information content (AvgIpc) is 3.44. The quantitative estimate of drug-likeness (QED) is 0.290. The minimum absolute atomic E-state index is 0. The molecule has 2 N–H and O–H groups in total. The number of nitrogens with one attached hydrogen (secondary N) is 2. The Labute approximate surface area is 207 Å². The van der Waals surface area contributed by atoms with E-state index in [1.165, 1.54) is 35.4 Å². The van der Waals surface area contributed by atoms with E-state index in [1.807, 2.05) is 11.3 Å². The van der Waals surface area contributed by atoms with E-state index in [-0.39, 0.29) is 24.0 Å². The number of likely N-dealkylation sites (tertiary alicyclic amines) is 1. The maximum Gasteiger partial charge on any atom is 0.191 e. The normalized spacial score (nSPS) is 18.7. The zero-order valence-electron chi connectivity index (χ0n) is 18.4. The van der Waals surface area contributed by atoms with Gasteiger partial charge >= 0.3 is 0 Å². The Morgan fingerprint density at radius 1 is 1.29 bits per heavy atom. The number of thiophene rings is 1. The van der Waals surface area contributed by atoms with Gasteiger partial charge in [0.25, 0.3) is 0 Å². The molecule has 0 bridgehead atoms. The molecule has 1 aromatic carbocycles. The van der Waals surface area contributed by atoms with Crippen LogP contribution in [0.25, 0.3) is 0 Å². The summed E-state index contributed by atoms with van der Waals surface area (Å²) < 4.78 is 5.61. The second-order valence-electron chi connectivity index (χ2n) is 8.26. The Hall–Kier alpha value is -1.32. The highest BCUT2D eigenvalue weighted by Gasteiger charge is 2.20. The summed E-state index contributed by atoms with van der Waals surface area (Å²) in [6, 6.07) is 11.0. The lowest BCUT2D eigenvalue weighted by atomic mass is 9.98. The van der Waals surface area contributed by atoms with E-state index < -0.39 is 0 Å². The molecule has 7 heteroatoms. The van der Waals surface area contributed by atoms with Gasteiger partial charge in [-0.2, -0.15) is 0 Å². The van der Waals surface area contributed by atoms with Gasteiger partial charge in [-0.05, 0) is 67.3 Å². The molecule has 2 aliphatic rings. The van der Waals surface area contributed by atoms with Crippen LogP contribution in [0.3, 0.4) is 0 Å². The van der Waals surface area contributed by atoms with Crippen molar-refractivity contribution in [3.8, 4) is 5.75 Å². The van der Waals surface area contributed by atoms with Crippen molar-refractivity contribution in [2.75, 3.05) is 39.3 Å². The van der Waals surface area contributed by atoms with Crippen molar-refractivity contribution in [3.63, 3.8) is 0 Å². The molecule has 0 radical (unpaired) electrons. The second-order valence-corrected chi connectivity index (χ2v) is 9.29. The maximum atomic E-state index is 5.61. The van der Waals surface area contributed by atoms with Crippen LogP contribution in [0, 0.1) is 5.92 Å². The van der Waals surface area contributed by atoms with Crippen LogP contribution in [-0.4, -0.2) is 50.2 Å². The number of ether oxygens (including phenoxy) is 1. The van der Waals surface area contributed by atoms with E-state index in [0.29, 0.717) is 5.92 Å². The van der Waals surface area contributed by atoms with Crippen LogP contribution >= 0.6 is 35.3 Å². The lowest BCUT2D eigenvalue weighted by molar-refractivity contribution is 0.172. The summed E-state index contributed by atoms with van der Waals surface area (Å²) >= 11 is 1.86. The number of rotatable bonds is 8. The summed E-state index contributed by atoms with van der Waals surface area (Å²) in [6.45, 7) is 9.06. The molecule has 1 saturated heterocycles. The number of halogens is 1. The average molecular weight is 555 g/mol. The number of guanidine groups is 1. The molecule has 170 valence electrons. The van der Waals surface area contributed by atoms with Crippen LogP contribution in [0.1, 0.15) is 35.8 Å². The van der Waals surface area contributed by atoms with E-state index in [2.05, 4.69) is 58.2 Å². The first-order valence-electron chi connectivity index (χ1n) is 11.3. The highest BCUT2D eigenvalue weighted by molar-refractivity contribution is 14.0. The van der Waals surface area contributed by atoms with Crippen LogP contribution < -0.4 is 15.4 Å². The van der Waals surface area contributed by atoms with Crippen LogP contribution in [-0.2, 0) is 19.4 Å². The first-order valence-corrected chi connectivity index (χ1v) is 12.2. The van der Waals surface area contributed by atoms with Crippen molar-refractivity contribution < 1.29 is 4.74 Å². The van der Waals surface area contributed by atoms with Crippen molar-refractivity contribution in [1.82, 2.24) is 15.5 Å². The Morgan fingerprint density at radius 3 is 3.06 bits per heavy atom. The van der Waals surface area contributed by atoms with E-state index >= 15 is 0 Å². The van der Waals surface area contributed by atoms with Gasteiger partial charge in [0.05, 0.1) is 6.61 Å². The Bertz CT molecular complexity index is 827. The highest BCUT2D eigenvalue weighted by atomic mass is 127. The molecule has 3 heterocycles. The molecule has 0 amide bonds. The summed E-state index contributed by atoms with van der Waals surface area (Å²) in [5.74, 6) is 2.64. The lowest BCUT2D eigenvalue weighted by Crippen LogP contribution is -2.40. The van der Waals surface area contributed by atoms with E-state index in [9.17, 15) is 0 Å². The zero-order chi connectivity index (χ0) is 20.6. The number of fused-ring (bicyclic) bond motifs is 1. The van der Waals surface area contributed by atoms with Gasteiger partial charge < -0.3 is 15.4 Å². The summed E-state index contributed by atoms with van der Waals surface area (Å²) in [5.41, 5.74) is 2.71. The van der Waals surface area contributed by atoms with Crippen molar-refractivity contribution in [2.45, 2.75) is 39.2 Å². The van der Waals surface area contributed by atoms with Gasteiger partial charge in [0.15, 0.2) is 5.96 Å². The molecule has 1 atom stereocenters. The first kappa shape index (κ1) is 24.3. The van der Waals surface area contributed by atoms with Gasteiger partial charge in [-0.1, -0.05) is 18.2 Å². The maximum absolute atomic E-state index is 5.61. The molecule has 1 aromatic heterocycles. The van der Waals surface area contributed by atoms with E-state index in [1.54, 1.807) is 0 Å². The minimum atomic E-state index is 0. The molecule has 1 fully saturated rings. The first-order chi connectivity index (χ1) is 14.8. The number of aliphatic imine (C=N–C) groups is 1. The number of piperidine rings is 1.